The van der Waals surface area contributed by atoms with E-state index in [-0.39, 0.29) is 29.2 Å². The minimum absolute atomic E-state index is 0.0192. The topological polar surface area (TPSA) is 88.0 Å². The molecular weight excluding hydrogens is 422 g/mol. The number of hydrogen-bond acceptors (Lipinski definition) is 5. The Morgan fingerprint density at radius 1 is 1.22 bits per heavy atom. The molecule has 1 aliphatic carbocycles. The lowest BCUT2D eigenvalue weighted by atomic mass is 9.83. The van der Waals surface area contributed by atoms with Crippen molar-refractivity contribution in [1.82, 2.24) is 20.4 Å². The van der Waals surface area contributed by atoms with E-state index < -0.39 is 6.29 Å². The highest BCUT2D eigenvalue weighted by atomic mass is 32.2. The molecule has 3 atom stereocenters. The normalized spacial score (nSPS) is 23.3. The Morgan fingerprint density at radius 2 is 1.97 bits per heavy atom. The standard InChI is InChI=1S/C24H33N5O2S/c1-24(2,3)19-15-20(26-21(30)13-14-32-16-9-5-4-6-10-16)29(28-19)23-25-18-12-8-7-11-17(18)22(31)27-23/h4-6,9-10,15,17-18,23,25H,7-8,11-14H2,1-3H3,(H,26,30)(H,27,31). The summed E-state index contributed by atoms with van der Waals surface area (Å²) in [5.74, 6) is 1.33. The third kappa shape index (κ3) is 5.35. The first-order chi connectivity index (χ1) is 15.3. The van der Waals surface area contributed by atoms with Gasteiger partial charge in [-0.05, 0) is 25.0 Å². The first-order valence-corrected chi connectivity index (χ1v) is 12.4. The molecule has 1 saturated heterocycles. The number of fused-ring (bicyclic) bond motifs is 1. The molecule has 3 unspecified atom stereocenters. The van der Waals surface area contributed by atoms with Crippen LogP contribution in [0.4, 0.5) is 5.82 Å². The molecule has 2 fully saturated rings. The number of nitrogens with one attached hydrogen (secondary N) is 3. The highest BCUT2D eigenvalue weighted by Gasteiger charge is 2.39. The van der Waals surface area contributed by atoms with Gasteiger partial charge in [-0.2, -0.15) is 5.10 Å². The third-order valence-corrected chi connectivity index (χ3v) is 7.12. The Kier molecular flexibility index (Phi) is 6.90. The SMILES string of the molecule is CC(C)(C)c1cc(NC(=O)CCSc2ccccc2)n(C2NC(=O)C3CCCCC3N2)n1. The molecule has 0 bridgehead atoms. The van der Waals surface area contributed by atoms with E-state index in [1.807, 2.05) is 36.4 Å². The molecule has 4 rings (SSSR count). The van der Waals surface area contributed by atoms with Gasteiger partial charge >= 0.3 is 0 Å². The molecule has 8 heteroatoms. The van der Waals surface area contributed by atoms with Crippen molar-refractivity contribution in [2.24, 2.45) is 5.92 Å². The van der Waals surface area contributed by atoms with E-state index >= 15 is 0 Å². The number of aromatic nitrogens is 2. The predicted molar refractivity (Wildman–Crippen MR) is 127 cm³/mol. The van der Waals surface area contributed by atoms with Crippen molar-refractivity contribution in [1.29, 1.82) is 0 Å². The lowest BCUT2D eigenvalue weighted by molar-refractivity contribution is -0.132. The van der Waals surface area contributed by atoms with Crippen LogP contribution in [-0.2, 0) is 15.0 Å². The van der Waals surface area contributed by atoms with Crippen molar-refractivity contribution >= 4 is 29.4 Å². The van der Waals surface area contributed by atoms with Crippen molar-refractivity contribution < 1.29 is 9.59 Å². The average Bonchev–Trinajstić information content (AvgIpc) is 3.19. The van der Waals surface area contributed by atoms with Gasteiger partial charge in [-0.3, -0.25) is 14.9 Å². The molecular formula is C24H33N5O2S. The van der Waals surface area contributed by atoms with Crippen LogP contribution in [-0.4, -0.2) is 33.4 Å². The summed E-state index contributed by atoms with van der Waals surface area (Å²) in [6.07, 6.45) is 4.06. The second kappa shape index (κ2) is 9.67. The van der Waals surface area contributed by atoms with Crippen LogP contribution in [0.2, 0.25) is 0 Å². The molecule has 0 spiro atoms. The number of anilines is 1. The van der Waals surface area contributed by atoms with E-state index in [2.05, 4.69) is 36.7 Å². The maximum absolute atomic E-state index is 12.7. The molecule has 1 aliphatic heterocycles. The monoisotopic (exact) mass is 455 g/mol. The predicted octanol–water partition coefficient (Wildman–Crippen LogP) is 4.04. The second-order valence-electron chi connectivity index (χ2n) is 9.64. The number of carbonyl (C=O) groups excluding carboxylic acids is 2. The van der Waals surface area contributed by atoms with Crippen LogP contribution >= 0.6 is 11.8 Å². The zero-order chi connectivity index (χ0) is 22.7. The number of amides is 2. The minimum Gasteiger partial charge on any atom is -0.322 e. The summed E-state index contributed by atoms with van der Waals surface area (Å²) >= 11 is 1.66. The van der Waals surface area contributed by atoms with Gasteiger partial charge in [-0.15, -0.1) is 11.8 Å². The summed E-state index contributed by atoms with van der Waals surface area (Å²) in [7, 11) is 0. The Balaban J connectivity index is 1.47. The maximum Gasteiger partial charge on any atom is 0.227 e. The molecule has 1 aromatic carbocycles. The highest BCUT2D eigenvalue weighted by Crippen LogP contribution is 2.31. The highest BCUT2D eigenvalue weighted by molar-refractivity contribution is 7.99. The van der Waals surface area contributed by atoms with Gasteiger partial charge in [0.25, 0.3) is 0 Å². The number of rotatable bonds is 6. The smallest absolute Gasteiger partial charge is 0.227 e. The summed E-state index contributed by atoms with van der Waals surface area (Å²) in [6.45, 7) is 6.27. The van der Waals surface area contributed by atoms with Crippen molar-refractivity contribution in [2.75, 3.05) is 11.1 Å². The fourth-order valence-electron chi connectivity index (χ4n) is 4.30. The first kappa shape index (κ1) is 22.9. The lowest BCUT2D eigenvalue weighted by Gasteiger charge is -2.40. The summed E-state index contributed by atoms with van der Waals surface area (Å²) in [5.41, 5.74) is 0.688. The Labute approximate surface area is 194 Å². The van der Waals surface area contributed by atoms with Gasteiger partial charge in [-0.25, -0.2) is 4.68 Å². The van der Waals surface area contributed by atoms with Crippen LogP contribution in [0.15, 0.2) is 41.3 Å². The number of nitrogens with zero attached hydrogens (tertiary/aromatic N) is 2. The van der Waals surface area contributed by atoms with Gasteiger partial charge < -0.3 is 10.6 Å². The van der Waals surface area contributed by atoms with E-state index in [1.165, 1.54) is 0 Å². The summed E-state index contributed by atoms with van der Waals surface area (Å²) in [4.78, 5) is 26.6. The van der Waals surface area contributed by atoms with Gasteiger partial charge in [0, 0.05) is 34.6 Å². The molecule has 32 heavy (non-hydrogen) atoms. The Bertz CT molecular complexity index is 953. The molecule has 172 valence electrons. The van der Waals surface area contributed by atoms with Gasteiger partial charge in [-0.1, -0.05) is 51.8 Å². The molecule has 2 heterocycles. The number of hydrogen-bond donors (Lipinski definition) is 3. The fourth-order valence-corrected chi connectivity index (χ4v) is 5.17. The van der Waals surface area contributed by atoms with Gasteiger partial charge in [0.2, 0.25) is 11.8 Å². The van der Waals surface area contributed by atoms with Crippen molar-refractivity contribution in [2.45, 2.75) is 75.5 Å². The zero-order valence-electron chi connectivity index (χ0n) is 19.1. The average molecular weight is 456 g/mol. The van der Waals surface area contributed by atoms with Crippen molar-refractivity contribution in [3.8, 4) is 0 Å². The van der Waals surface area contributed by atoms with Crippen LogP contribution in [0, 0.1) is 5.92 Å². The van der Waals surface area contributed by atoms with Crippen molar-refractivity contribution in [3.05, 3.63) is 42.1 Å². The van der Waals surface area contributed by atoms with Crippen LogP contribution in [0.5, 0.6) is 0 Å². The van der Waals surface area contributed by atoms with Crippen LogP contribution < -0.4 is 16.0 Å². The van der Waals surface area contributed by atoms with Gasteiger partial charge in [0.1, 0.15) is 5.82 Å². The van der Waals surface area contributed by atoms with E-state index in [9.17, 15) is 9.59 Å². The summed E-state index contributed by atoms with van der Waals surface area (Å²) in [5, 5.41) is 14.4. The van der Waals surface area contributed by atoms with Crippen LogP contribution in [0.1, 0.15) is 64.9 Å². The molecule has 1 aromatic heterocycles. The van der Waals surface area contributed by atoms with E-state index in [0.29, 0.717) is 18.0 Å². The molecule has 2 aliphatic rings. The van der Waals surface area contributed by atoms with E-state index in [1.54, 1.807) is 16.4 Å². The maximum atomic E-state index is 12.7. The van der Waals surface area contributed by atoms with Gasteiger partial charge in [0.15, 0.2) is 6.29 Å². The van der Waals surface area contributed by atoms with Crippen molar-refractivity contribution in [3.63, 3.8) is 0 Å². The largest absolute Gasteiger partial charge is 0.322 e. The molecule has 2 aromatic rings. The summed E-state index contributed by atoms with van der Waals surface area (Å²) in [6, 6.07) is 12.1. The lowest BCUT2D eigenvalue weighted by Crippen LogP contribution is -2.59. The zero-order valence-corrected chi connectivity index (χ0v) is 19.9. The van der Waals surface area contributed by atoms with Crippen LogP contribution in [0.25, 0.3) is 0 Å². The first-order valence-electron chi connectivity index (χ1n) is 11.5. The molecule has 0 radical (unpaired) electrons. The van der Waals surface area contributed by atoms with E-state index in [4.69, 9.17) is 5.10 Å². The molecule has 1 saturated carbocycles. The number of benzene rings is 1. The number of carbonyl (C=O) groups is 2. The summed E-state index contributed by atoms with van der Waals surface area (Å²) < 4.78 is 1.73. The fraction of sp³-hybridized carbons (Fsp3) is 0.542. The quantitative estimate of drug-likeness (QED) is 0.572. The number of thioether (sulfide) groups is 1. The van der Waals surface area contributed by atoms with Gasteiger partial charge in [0.05, 0.1) is 11.6 Å². The molecule has 2 amide bonds. The minimum atomic E-state index is -0.466. The molecule has 3 N–H and O–H groups in total. The second-order valence-corrected chi connectivity index (χ2v) is 10.8. The van der Waals surface area contributed by atoms with Crippen LogP contribution in [0.3, 0.4) is 0 Å². The Morgan fingerprint density at radius 3 is 2.72 bits per heavy atom. The van der Waals surface area contributed by atoms with E-state index in [0.717, 1.165) is 36.3 Å². The molecule has 7 nitrogen and oxygen atoms in total. The third-order valence-electron chi connectivity index (χ3n) is 6.11. The Hall–Kier alpha value is -2.32.